The molecule has 0 unspecified atom stereocenters. The molecule has 0 saturated heterocycles. The topological polar surface area (TPSA) is 113 Å². The Labute approximate surface area is 263 Å². The van der Waals surface area contributed by atoms with Gasteiger partial charge in [-0.2, -0.15) is 13.2 Å². The molecular formula is C28H15Cl3F6N4O4. The Hall–Kier alpha value is -4.27. The number of alkyl halides is 5. The molecule has 4 aromatic rings. The van der Waals surface area contributed by atoms with Crippen molar-refractivity contribution in [2.24, 2.45) is 5.92 Å². The molecule has 234 valence electrons. The summed E-state index contributed by atoms with van der Waals surface area (Å²) in [4.78, 5) is 38.2. The summed E-state index contributed by atoms with van der Waals surface area (Å²) in [5.41, 5.74) is -3.43. The number of aromatic nitrogens is 1. The van der Waals surface area contributed by atoms with Crippen LogP contribution in [0.1, 0.15) is 38.0 Å². The monoisotopic (exact) mass is 690 g/mol. The molecule has 0 spiro atoms. The molecule has 0 bridgehead atoms. The maximum absolute atomic E-state index is 15.1. The van der Waals surface area contributed by atoms with Gasteiger partial charge in [-0.1, -0.05) is 22.8 Å². The Morgan fingerprint density at radius 3 is 2.24 bits per heavy atom. The molecule has 1 fully saturated rings. The van der Waals surface area contributed by atoms with E-state index in [4.69, 9.17) is 34.8 Å². The van der Waals surface area contributed by atoms with Crippen LogP contribution in [0.5, 0.6) is 0 Å². The lowest BCUT2D eigenvalue weighted by Gasteiger charge is -2.13. The largest absolute Gasteiger partial charge is 0.419 e. The number of rotatable bonds is 7. The molecule has 1 aliphatic carbocycles. The van der Waals surface area contributed by atoms with Gasteiger partial charge in [-0.15, -0.1) is 23.2 Å². The van der Waals surface area contributed by atoms with Crippen molar-refractivity contribution in [3.05, 3.63) is 106 Å². The van der Waals surface area contributed by atoms with Crippen LogP contribution in [-0.2, 0) is 11.0 Å². The zero-order chi connectivity index (χ0) is 32.8. The van der Waals surface area contributed by atoms with E-state index in [1.54, 1.807) is 0 Å². The van der Waals surface area contributed by atoms with Gasteiger partial charge in [0, 0.05) is 17.7 Å². The molecule has 2 atom stereocenters. The summed E-state index contributed by atoms with van der Waals surface area (Å²) < 4.78 is 85.6. The van der Waals surface area contributed by atoms with E-state index in [0.717, 1.165) is 36.5 Å². The molecule has 8 nitrogen and oxygen atoms in total. The SMILES string of the molecule is O=C(Nc1c(F)ccc(NC(=O)c2cc(NC(=O)[C@H]3[C@H](c4ccc(F)c(C(F)(F)F)c4)C3(Cl)Cl)ccc2Cl)c1F)c1ccno1. The minimum atomic E-state index is -5.00. The summed E-state index contributed by atoms with van der Waals surface area (Å²) in [6.07, 6.45) is -3.86. The lowest BCUT2D eigenvalue weighted by Crippen LogP contribution is -2.19. The highest BCUT2D eigenvalue weighted by atomic mass is 35.5. The Morgan fingerprint density at radius 1 is 0.867 bits per heavy atom. The van der Waals surface area contributed by atoms with Gasteiger partial charge in [-0.25, -0.2) is 13.2 Å². The Bertz CT molecular complexity index is 1840. The molecule has 0 aliphatic heterocycles. The first-order chi connectivity index (χ1) is 21.1. The predicted molar refractivity (Wildman–Crippen MR) is 151 cm³/mol. The first-order valence-electron chi connectivity index (χ1n) is 12.5. The number of benzene rings is 3. The number of carbonyl (C=O) groups is 3. The van der Waals surface area contributed by atoms with E-state index < -0.39 is 74.5 Å². The highest BCUT2D eigenvalue weighted by molar-refractivity contribution is 6.53. The summed E-state index contributed by atoms with van der Waals surface area (Å²) >= 11 is 18.6. The van der Waals surface area contributed by atoms with Gasteiger partial charge in [0.25, 0.3) is 11.8 Å². The molecule has 3 aromatic carbocycles. The lowest BCUT2D eigenvalue weighted by molar-refractivity contribution is -0.140. The normalized spacial score (nSPS) is 17.0. The van der Waals surface area contributed by atoms with E-state index in [-0.39, 0.29) is 27.6 Å². The third-order valence-corrected chi connectivity index (χ3v) is 7.98. The quantitative estimate of drug-likeness (QED) is 0.135. The fourth-order valence-electron chi connectivity index (χ4n) is 4.48. The van der Waals surface area contributed by atoms with Gasteiger partial charge in [0.1, 0.15) is 21.7 Å². The molecule has 1 aliphatic rings. The van der Waals surface area contributed by atoms with Crippen LogP contribution < -0.4 is 16.0 Å². The van der Waals surface area contributed by atoms with Crippen molar-refractivity contribution in [3.8, 4) is 0 Å². The molecule has 1 heterocycles. The van der Waals surface area contributed by atoms with E-state index in [1.165, 1.54) is 12.1 Å². The van der Waals surface area contributed by atoms with Gasteiger partial charge in [0.15, 0.2) is 5.82 Å². The Morgan fingerprint density at radius 2 is 1.58 bits per heavy atom. The second-order valence-electron chi connectivity index (χ2n) is 9.62. The third kappa shape index (κ3) is 6.44. The van der Waals surface area contributed by atoms with Crippen LogP contribution in [0.4, 0.5) is 43.4 Å². The summed E-state index contributed by atoms with van der Waals surface area (Å²) in [6, 6.07) is 8.58. The highest BCUT2D eigenvalue weighted by Crippen LogP contribution is 2.65. The molecule has 1 saturated carbocycles. The van der Waals surface area contributed by atoms with Gasteiger partial charge in [0.05, 0.1) is 34.0 Å². The minimum absolute atomic E-state index is 0.0287. The van der Waals surface area contributed by atoms with Crippen LogP contribution in [0.15, 0.2) is 65.3 Å². The van der Waals surface area contributed by atoms with E-state index in [2.05, 4.69) is 20.3 Å². The molecule has 17 heteroatoms. The van der Waals surface area contributed by atoms with Crippen molar-refractivity contribution in [2.45, 2.75) is 16.4 Å². The maximum Gasteiger partial charge on any atom is 0.419 e. The smallest absolute Gasteiger partial charge is 0.351 e. The number of nitrogens with zero attached hydrogens (tertiary/aromatic N) is 1. The van der Waals surface area contributed by atoms with E-state index in [1.807, 2.05) is 5.32 Å². The van der Waals surface area contributed by atoms with E-state index >= 15 is 4.39 Å². The lowest BCUT2D eigenvalue weighted by atomic mass is 10.0. The number of carbonyl (C=O) groups excluding carboxylic acids is 3. The van der Waals surface area contributed by atoms with Crippen LogP contribution in [0.2, 0.25) is 5.02 Å². The van der Waals surface area contributed by atoms with Crippen molar-refractivity contribution in [2.75, 3.05) is 16.0 Å². The standard InChI is InChI=1S/C28H15Cl3F6N4O4/c29-15-3-2-12(39-26(44)21-20(27(21,30)31)11-1-4-16(32)14(9-11)28(35,36)37)10-13(15)24(42)40-18-6-5-17(33)23(22(18)34)41-25(43)19-7-8-38-45-19/h1-10,20-21H,(H,39,44)(H,40,42)(H,41,43)/t20-,21+/m0/s1. The van der Waals surface area contributed by atoms with Crippen molar-refractivity contribution >= 4 is 69.6 Å². The number of halogens is 9. The van der Waals surface area contributed by atoms with Gasteiger partial charge in [-0.3, -0.25) is 14.4 Å². The molecule has 5 rings (SSSR count). The number of hydrogen-bond acceptors (Lipinski definition) is 5. The number of hydrogen-bond donors (Lipinski definition) is 3. The molecule has 3 N–H and O–H groups in total. The average Bonchev–Trinajstić information content (AvgIpc) is 3.27. The summed E-state index contributed by atoms with van der Waals surface area (Å²) in [7, 11) is 0. The molecular weight excluding hydrogens is 677 g/mol. The molecule has 3 amide bonds. The van der Waals surface area contributed by atoms with Crippen molar-refractivity contribution in [1.82, 2.24) is 5.16 Å². The van der Waals surface area contributed by atoms with Gasteiger partial charge >= 0.3 is 6.18 Å². The van der Waals surface area contributed by atoms with E-state index in [0.29, 0.717) is 12.1 Å². The second-order valence-corrected chi connectivity index (χ2v) is 11.5. The molecule has 0 radical (unpaired) electrons. The van der Waals surface area contributed by atoms with Crippen LogP contribution in [0.3, 0.4) is 0 Å². The van der Waals surface area contributed by atoms with Crippen LogP contribution in [-0.4, -0.2) is 27.2 Å². The zero-order valence-corrected chi connectivity index (χ0v) is 24.2. The zero-order valence-electron chi connectivity index (χ0n) is 21.9. The van der Waals surface area contributed by atoms with Crippen molar-refractivity contribution in [1.29, 1.82) is 0 Å². The summed E-state index contributed by atoms with van der Waals surface area (Å²) in [6.45, 7) is 0. The van der Waals surface area contributed by atoms with E-state index in [9.17, 15) is 36.3 Å². The molecule has 45 heavy (non-hydrogen) atoms. The fourth-order valence-corrected chi connectivity index (χ4v) is 5.51. The highest BCUT2D eigenvalue weighted by Gasteiger charge is 2.67. The van der Waals surface area contributed by atoms with Crippen LogP contribution >= 0.6 is 34.8 Å². The Balaban J connectivity index is 1.32. The second kappa shape index (κ2) is 11.9. The summed E-state index contributed by atoms with van der Waals surface area (Å²) in [5.74, 6) is -9.61. The maximum atomic E-state index is 15.1. The number of anilines is 3. The van der Waals surface area contributed by atoms with Gasteiger partial charge in [-0.05, 0) is 48.0 Å². The first kappa shape index (κ1) is 32.1. The Kier molecular flexibility index (Phi) is 8.51. The molecule has 1 aromatic heterocycles. The average molecular weight is 692 g/mol. The number of nitrogens with one attached hydrogen (secondary N) is 3. The van der Waals surface area contributed by atoms with Crippen LogP contribution in [0, 0.1) is 23.4 Å². The van der Waals surface area contributed by atoms with Gasteiger partial charge < -0.3 is 20.5 Å². The first-order valence-corrected chi connectivity index (χ1v) is 13.6. The van der Waals surface area contributed by atoms with Crippen molar-refractivity contribution in [3.63, 3.8) is 0 Å². The fraction of sp³-hybridized carbons (Fsp3) is 0.143. The predicted octanol–water partition coefficient (Wildman–Crippen LogP) is 7.79. The summed E-state index contributed by atoms with van der Waals surface area (Å²) in [5, 5.41) is 9.79. The van der Waals surface area contributed by atoms with Crippen molar-refractivity contribution < 1.29 is 45.2 Å². The minimum Gasteiger partial charge on any atom is -0.351 e. The number of amides is 3. The third-order valence-electron chi connectivity index (χ3n) is 6.71. The van der Waals surface area contributed by atoms with Gasteiger partial charge in [0.2, 0.25) is 11.7 Å². The van der Waals surface area contributed by atoms with Crippen LogP contribution in [0.25, 0.3) is 0 Å².